The van der Waals surface area contributed by atoms with Crippen LogP contribution in [-0.2, 0) is 0 Å². The lowest BCUT2D eigenvalue weighted by molar-refractivity contribution is 0.888. The topological polar surface area (TPSA) is 12.0 Å². The number of benzene rings is 1. The number of halogens is 3. The van der Waals surface area contributed by atoms with Crippen LogP contribution in [0.4, 0.5) is 5.69 Å². The molecule has 18 heavy (non-hydrogen) atoms. The maximum Gasteiger partial charge on any atom is 0.0996 e. The summed E-state index contributed by atoms with van der Waals surface area (Å²) in [7, 11) is 0. The minimum absolute atomic E-state index is 0.120. The average molecular weight is 365 g/mol. The van der Waals surface area contributed by atoms with Crippen LogP contribution in [0.15, 0.2) is 28.7 Å². The molecule has 0 saturated heterocycles. The first-order valence-electron chi connectivity index (χ1n) is 5.45. The Morgan fingerprint density at radius 1 is 1.33 bits per heavy atom. The van der Waals surface area contributed by atoms with E-state index in [0.29, 0.717) is 0 Å². The standard InChI is InChI=1S/C13H12BrCl2NS/c1-7-10(14)4-3-5-11(7)17-8(2)9-6-12(15)18-13(9)16/h3-6,8,17H,1-2H3. The number of hydrogen-bond donors (Lipinski definition) is 1. The van der Waals surface area contributed by atoms with Crippen molar-refractivity contribution in [3.05, 3.63) is 48.5 Å². The first-order chi connectivity index (χ1) is 8.49. The Labute approximate surface area is 129 Å². The van der Waals surface area contributed by atoms with Crippen LogP contribution in [0.1, 0.15) is 24.1 Å². The van der Waals surface area contributed by atoms with E-state index in [4.69, 9.17) is 23.2 Å². The fraction of sp³-hybridized carbons (Fsp3) is 0.231. The second kappa shape index (κ2) is 5.83. The van der Waals surface area contributed by atoms with Gasteiger partial charge in [0.25, 0.3) is 0 Å². The van der Waals surface area contributed by atoms with Crippen LogP contribution in [0.5, 0.6) is 0 Å². The third kappa shape index (κ3) is 3.02. The van der Waals surface area contributed by atoms with Crippen LogP contribution in [-0.4, -0.2) is 0 Å². The Morgan fingerprint density at radius 2 is 2.06 bits per heavy atom. The molecule has 1 nitrogen and oxygen atoms in total. The molecule has 1 N–H and O–H groups in total. The highest BCUT2D eigenvalue weighted by Gasteiger charge is 2.14. The molecule has 1 atom stereocenters. The van der Waals surface area contributed by atoms with Gasteiger partial charge in [-0.3, -0.25) is 0 Å². The predicted molar refractivity (Wildman–Crippen MR) is 85.3 cm³/mol. The van der Waals surface area contributed by atoms with Gasteiger partial charge in [0.2, 0.25) is 0 Å². The molecule has 0 aliphatic carbocycles. The Balaban J connectivity index is 2.24. The van der Waals surface area contributed by atoms with Gasteiger partial charge in [-0.15, -0.1) is 11.3 Å². The highest BCUT2D eigenvalue weighted by atomic mass is 79.9. The molecule has 0 aliphatic heterocycles. The van der Waals surface area contributed by atoms with Crippen LogP contribution in [0, 0.1) is 6.92 Å². The van der Waals surface area contributed by atoms with Crippen molar-refractivity contribution in [1.82, 2.24) is 0 Å². The highest BCUT2D eigenvalue weighted by Crippen LogP contribution is 2.36. The Bertz CT molecular complexity index is 568. The van der Waals surface area contributed by atoms with E-state index in [-0.39, 0.29) is 6.04 Å². The van der Waals surface area contributed by atoms with Crippen molar-refractivity contribution in [1.29, 1.82) is 0 Å². The van der Waals surface area contributed by atoms with Gasteiger partial charge in [-0.25, -0.2) is 0 Å². The van der Waals surface area contributed by atoms with Gasteiger partial charge in [0.15, 0.2) is 0 Å². The van der Waals surface area contributed by atoms with Gasteiger partial charge in [-0.1, -0.05) is 45.2 Å². The van der Waals surface area contributed by atoms with Crippen molar-refractivity contribution in [3.63, 3.8) is 0 Å². The normalized spacial score (nSPS) is 12.5. The van der Waals surface area contributed by atoms with Crippen LogP contribution in [0.3, 0.4) is 0 Å². The highest BCUT2D eigenvalue weighted by molar-refractivity contribution is 9.10. The first kappa shape index (κ1) is 14.2. The van der Waals surface area contributed by atoms with E-state index >= 15 is 0 Å². The van der Waals surface area contributed by atoms with Crippen molar-refractivity contribution < 1.29 is 0 Å². The molecule has 1 aromatic heterocycles. The van der Waals surface area contributed by atoms with Gasteiger partial charge >= 0.3 is 0 Å². The van der Waals surface area contributed by atoms with Crippen LogP contribution >= 0.6 is 50.5 Å². The van der Waals surface area contributed by atoms with E-state index in [9.17, 15) is 0 Å². The van der Waals surface area contributed by atoms with Crippen LogP contribution in [0.2, 0.25) is 8.67 Å². The zero-order valence-electron chi connectivity index (χ0n) is 9.93. The maximum absolute atomic E-state index is 6.16. The lowest BCUT2D eigenvalue weighted by Gasteiger charge is -2.17. The van der Waals surface area contributed by atoms with Gasteiger partial charge in [0.1, 0.15) is 0 Å². The average Bonchev–Trinajstić information content (AvgIpc) is 2.64. The SMILES string of the molecule is Cc1c(Br)cccc1NC(C)c1cc(Cl)sc1Cl. The molecular formula is C13H12BrCl2NS. The Kier molecular flexibility index (Phi) is 4.59. The quantitative estimate of drug-likeness (QED) is 0.673. The van der Waals surface area contributed by atoms with Gasteiger partial charge in [-0.2, -0.15) is 0 Å². The summed E-state index contributed by atoms with van der Waals surface area (Å²) < 4.78 is 2.55. The zero-order valence-corrected chi connectivity index (χ0v) is 13.8. The Morgan fingerprint density at radius 3 is 2.67 bits per heavy atom. The molecule has 0 aliphatic rings. The molecule has 96 valence electrons. The summed E-state index contributed by atoms with van der Waals surface area (Å²) in [6.45, 7) is 4.14. The third-order valence-corrected chi connectivity index (χ3v) is 5.17. The summed E-state index contributed by atoms with van der Waals surface area (Å²) in [4.78, 5) is 0. The van der Waals surface area contributed by atoms with E-state index in [1.807, 2.05) is 18.2 Å². The molecule has 1 aromatic carbocycles. The molecule has 1 unspecified atom stereocenters. The number of anilines is 1. The Hall–Kier alpha value is -0.220. The molecule has 0 fully saturated rings. The molecule has 5 heteroatoms. The van der Waals surface area contributed by atoms with Crippen molar-refractivity contribution >= 4 is 56.2 Å². The van der Waals surface area contributed by atoms with Crippen LogP contribution in [0.25, 0.3) is 0 Å². The van der Waals surface area contributed by atoms with Crippen molar-refractivity contribution in [3.8, 4) is 0 Å². The van der Waals surface area contributed by atoms with E-state index in [1.165, 1.54) is 16.9 Å². The van der Waals surface area contributed by atoms with E-state index < -0.39 is 0 Å². The molecule has 0 spiro atoms. The lowest BCUT2D eigenvalue weighted by atomic mass is 10.1. The van der Waals surface area contributed by atoms with Crippen LogP contribution < -0.4 is 5.32 Å². The number of nitrogens with one attached hydrogen (secondary N) is 1. The van der Waals surface area contributed by atoms with Crippen molar-refractivity contribution in [2.75, 3.05) is 5.32 Å². The summed E-state index contributed by atoms with van der Waals surface area (Å²) in [5, 5.41) is 3.46. The van der Waals surface area contributed by atoms with Crippen molar-refractivity contribution in [2.45, 2.75) is 19.9 Å². The molecule has 2 rings (SSSR count). The van der Waals surface area contributed by atoms with E-state index in [2.05, 4.69) is 41.2 Å². The smallest absolute Gasteiger partial charge is 0.0996 e. The van der Waals surface area contributed by atoms with Gasteiger partial charge in [0, 0.05) is 15.7 Å². The summed E-state index contributed by atoms with van der Waals surface area (Å²) in [6.07, 6.45) is 0. The monoisotopic (exact) mass is 363 g/mol. The third-order valence-electron chi connectivity index (χ3n) is 2.79. The largest absolute Gasteiger partial charge is 0.378 e. The first-order valence-corrected chi connectivity index (χ1v) is 7.82. The van der Waals surface area contributed by atoms with Crippen molar-refractivity contribution in [2.24, 2.45) is 0 Å². The van der Waals surface area contributed by atoms with Gasteiger partial charge < -0.3 is 5.32 Å². The fourth-order valence-electron chi connectivity index (χ4n) is 1.72. The molecule has 0 radical (unpaired) electrons. The molecule has 1 heterocycles. The molecule has 2 aromatic rings. The molecule has 0 saturated carbocycles. The minimum atomic E-state index is 0.120. The van der Waals surface area contributed by atoms with E-state index in [0.717, 1.165) is 24.4 Å². The zero-order chi connectivity index (χ0) is 13.3. The summed E-state index contributed by atoms with van der Waals surface area (Å²) in [5.74, 6) is 0. The fourth-order valence-corrected chi connectivity index (χ4v) is 3.73. The summed E-state index contributed by atoms with van der Waals surface area (Å²) in [6, 6.07) is 8.13. The second-order valence-corrected chi connectivity index (χ2v) is 7.20. The predicted octanol–water partition coefficient (Wildman–Crippen LogP) is 6.30. The number of thiophene rings is 1. The molecular weight excluding hydrogens is 353 g/mol. The van der Waals surface area contributed by atoms with Gasteiger partial charge in [-0.05, 0) is 37.6 Å². The second-order valence-electron chi connectivity index (χ2n) is 4.06. The van der Waals surface area contributed by atoms with Gasteiger partial charge in [0.05, 0.1) is 14.7 Å². The lowest BCUT2D eigenvalue weighted by Crippen LogP contribution is -2.07. The summed E-state index contributed by atoms with van der Waals surface area (Å²) >= 11 is 17.1. The maximum atomic E-state index is 6.16. The summed E-state index contributed by atoms with van der Waals surface area (Å²) in [5.41, 5.74) is 3.31. The number of rotatable bonds is 3. The molecule has 0 bridgehead atoms. The number of hydrogen-bond acceptors (Lipinski definition) is 2. The van der Waals surface area contributed by atoms with E-state index in [1.54, 1.807) is 0 Å². The minimum Gasteiger partial charge on any atom is -0.378 e. The molecule has 0 amide bonds.